The van der Waals surface area contributed by atoms with E-state index < -0.39 is 0 Å². The minimum Gasteiger partial charge on any atom is -0.299 e. The van der Waals surface area contributed by atoms with Crippen molar-refractivity contribution >= 4 is 5.78 Å². The number of hydrogen-bond donors (Lipinski definition) is 0. The first kappa shape index (κ1) is 17.1. The summed E-state index contributed by atoms with van der Waals surface area (Å²) in [6, 6.07) is 16.5. The van der Waals surface area contributed by atoms with Crippen molar-refractivity contribution in [1.29, 1.82) is 0 Å². The lowest BCUT2D eigenvalue weighted by Gasteiger charge is -2.00. The van der Waals surface area contributed by atoms with Crippen LogP contribution in [-0.4, -0.2) is 5.78 Å². The Labute approximate surface area is 126 Å². The third-order valence-electron chi connectivity index (χ3n) is 3.04. The molecule has 112 valence electrons. The highest BCUT2D eigenvalue weighted by molar-refractivity contribution is 5.80. The van der Waals surface area contributed by atoms with Crippen molar-refractivity contribution in [3.8, 4) is 0 Å². The molecular weight excluding hydrogens is 263 g/mol. The SMILES string of the molecule is CCCCC(=O)Cc1cccc(F)c1.Cc1ccccc1. The molecular formula is C19H23FO. The lowest BCUT2D eigenvalue weighted by molar-refractivity contribution is -0.118. The summed E-state index contributed by atoms with van der Waals surface area (Å²) in [6.07, 6.45) is 2.91. The molecule has 0 aromatic heterocycles. The predicted octanol–water partition coefficient (Wildman–Crippen LogP) is 5.12. The van der Waals surface area contributed by atoms with Gasteiger partial charge in [-0.25, -0.2) is 4.39 Å². The molecule has 0 bridgehead atoms. The Balaban J connectivity index is 0.000000262. The Bertz CT molecular complexity index is 534. The van der Waals surface area contributed by atoms with Crippen molar-refractivity contribution in [3.63, 3.8) is 0 Å². The number of unbranched alkanes of at least 4 members (excludes halogenated alkanes) is 1. The Morgan fingerprint density at radius 2 is 1.76 bits per heavy atom. The molecule has 0 saturated heterocycles. The van der Waals surface area contributed by atoms with Crippen LogP contribution in [0.2, 0.25) is 0 Å². The molecule has 0 radical (unpaired) electrons. The van der Waals surface area contributed by atoms with Gasteiger partial charge >= 0.3 is 0 Å². The van der Waals surface area contributed by atoms with E-state index in [1.54, 1.807) is 12.1 Å². The van der Waals surface area contributed by atoms with Crippen LogP contribution >= 0.6 is 0 Å². The maximum absolute atomic E-state index is 12.8. The highest BCUT2D eigenvalue weighted by Gasteiger charge is 2.03. The summed E-state index contributed by atoms with van der Waals surface area (Å²) in [5, 5.41) is 0. The quantitative estimate of drug-likeness (QED) is 0.745. The normalized spacial score (nSPS) is 9.67. The molecule has 2 aromatic rings. The average molecular weight is 286 g/mol. The van der Waals surface area contributed by atoms with E-state index in [2.05, 4.69) is 26.0 Å². The van der Waals surface area contributed by atoms with Gasteiger partial charge in [0.15, 0.2) is 0 Å². The fourth-order valence-corrected chi connectivity index (χ4v) is 1.87. The van der Waals surface area contributed by atoms with E-state index in [9.17, 15) is 9.18 Å². The lowest BCUT2D eigenvalue weighted by Crippen LogP contribution is -2.02. The van der Waals surface area contributed by atoms with Crippen LogP contribution in [0.3, 0.4) is 0 Å². The molecule has 2 heteroatoms. The number of carbonyl (C=O) groups is 1. The van der Waals surface area contributed by atoms with Gasteiger partial charge in [0, 0.05) is 12.8 Å². The number of hydrogen-bond acceptors (Lipinski definition) is 1. The van der Waals surface area contributed by atoms with E-state index in [0.29, 0.717) is 12.8 Å². The maximum Gasteiger partial charge on any atom is 0.137 e. The Morgan fingerprint density at radius 3 is 2.29 bits per heavy atom. The van der Waals surface area contributed by atoms with Crippen LogP contribution in [0.1, 0.15) is 37.3 Å². The highest BCUT2D eigenvalue weighted by atomic mass is 19.1. The number of benzene rings is 2. The maximum atomic E-state index is 12.8. The van der Waals surface area contributed by atoms with E-state index >= 15 is 0 Å². The van der Waals surface area contributed by atoms with Gasteiger partial charge in [0.25, 0.3) is 0 Å². The second-order valence-corrected chi connectivity index (χ2v) is 5.10. The molecule has 0 atom stereocenters. The van der Waals surface area contributed by atoms with Gasteiger partial charge in [-0.2, -0.15) is 0 Å². The van der Waals surface area contributed by atoms with E-state index in [-0.39, 0.29) is 11.6 Å². The molecule has 0 unspecified atom stereocenters. The molecule has 0 N–H and O–H groups in total. The van der Waals surface area contributed by atoms with Gasteiger partial charge < -0.3 is 0 Å². The van der Waals surface area contributed by atoms with Gasteiger partial charge in [0.2, 0.25) is 0 Å². The zero-order valence-corrected chi connectivity index (χ0v) is 12.8. The summed E-state index contributed by atoms with van der Waals surface area (Å²) in [5.41, 5.74) is 2.09. The van der Waals surface area contributed by atoms with Crippen LogP contribution in [-0.2, 0) is 11.2 Å². The Hall–Kier alpha value is -1.96. The van der Waals surface area contributed by atoms with Gasteiger partial charge in [-0.1, -0.05) is 61.4 Å². The number of Topliss-reactive ketones (excluding diaryl/α,β-unsaturated/α-hetero) is 1. The number of rotatable bonds is 5. The first-order chi connectivity index (χ1) is 10.1. The second-order valence-electron chi connectivity index (χ2n) is 5.10. The largest absolute Gasteiger partial charge is 0.299 e. The second kappa shape index (κ2) is 9.87. The fraction of sp³-hybridized carbons (Fsp3) is 0.316. The lowest BCUT2D eigenvalue weighted by atomic mass is 10.1. The van der Waals surface area contributed by atoms with Crippen LogP contribution < -0.4 is 0 Å². The topological polar surface area (TPSA) is 17.1 Å². The summed E-state index contributed by atoms with van der Waals surface area (Å²) in [6.45, 7) is 4.13. The van der Waals surface area contributed by atoms with Crippen molar-refractivity contribution in [2.75, 3.05) is 0 Å². The zero-order chi connectivity index (χ0) is 15.5. The summed E-state index contributed by atoms with van der Waals surface area (Å²) < 4.78 is 12.8. The standard InChI is InChI=1S/C12H15FO.C7H8/c1-2-3-7-12(14)9-10-5-4-6-11(13)8-10;1-7-5-3-2-4-6-7/h4-6,8H,2-3,7,9H2,1H3;2-6H,1H3. The summed E-state index contributed by atoms with van der Waals surface area (Å²) in [4.78, 5) is 11.4. The molecule has 2 aromatic carbocycles. The van der Waals surface area contributed by atoms with Crippen molar-refractivity contribution in [2.24, 2.45) is 0 Å². The molecule has 0 aliphatic rings. The molecule has 2 rings (SSSR count). The molecule has 0 heterocycles. The molecule has 0 fully saturated rings. The smallest absolute Gasteiger partial charge is 0.137 e. The van der Waals surface area contributed by atoms with Gasteiger partial charge in [-0.15, -0.1) is 0 Å². The molecule has 0 spiro atoms. The van der Waals surface area contributed by atoms with E-state index in [4.69, 9.17) is 0 Å². The summed E-state index contributed by atoms with van der Waals surface area (Å²) in [5.74, 6) is -0.0803. The highest BCUT2D eigenvalue weighted by Crippen LogP contribution is 2.07. The Kier molecular flexibility index (Phi) is 8.03. The van der Waals surface area contributed by atoms with Crippen LogP contribution in [0.4, 0.5) is 4.39 Å². The number of aryl methyl sites for hydroxylation is 1. The fourth-order valence-electron chi connectivity index (χ4n) is 1.87. The van der Waals surface area contributed by atoms with Crippen LogP contribution in [0.5, 0.6) is 0 Å². The summed E-state index contributed by atoms with van der Waals surface area (Å²) in [7, 11) is 0. The minimum absolute atomic E-state index is 0.192. The van der Waals surface area contributed by atoms with Crippen molar-refractivity contribution in [2.45, 2.75) is 39.5 Å². The van der Waals surface area contributed by atoms with E-state index in [1.165, 1.54) is 17.7 Å². The van der Waals surface area contributed by atoms with E-state index in [0.717, 1.165) is 18.4 Å². The molecule has 1 nitrogen and oxygen atoms in total. The van der Waals surface area contributed by atoms with Crippen molar-refractivity contribution in [3.05, 3.63) is 71.5 Å². The number of halogens is 1. The van der Waals surface area contributed by atoms with Crippen LogP contribution in [0, 0.1) is 12.7 Å². The summed E-state index contributed by atoms with van der Waals surface area (Å²) >= 11 is 0. The number of ketones is 1. The van der Waals surface area contributed by atoms with Crippen LogP contribution in [0.15, 0.2) is 54.6 Å². The predicted molar refractivity (Wildman–Crippen MR) is 85.8 cm³/mol. The third kappa shape index (κ3) is 8.03. The molecule has 0 aliphatic heterocycles. The van der Waals surface area contributed by atoms with Gasteiger partial charge in [-0.3, -0.25) is 4.79 Å². The van der Waals surface area contributed by atoms with Gasteiger partial charge in [-0.05, 0) is 31.0 Å². The molecule has 0 aliphatic carbocycles. The first-order valence-electron chi connectivity index (χ1n) is 7.39. The molecule has 0 amide bonds. The minimum atomic E-state index is -0.272. The van der Waals surface area contributed by atoms with Gasteiger partial charge in [0.05, 0.1) is 0 Å². The Morgan fingerprint density at radius 1 is 1.05 bits per heavy atom. The monoisotopic (exact) mass is 286 g/mol. The average Bonchev–Trinajstić information content (AvgIpc) is 2.46. The number of carbonyl (C=O) groups excluding carboxylic acids is 1. The van der Waals surface area contributed by atoms with Crippen molar-refractivity contribution < 1.29 is 9.18 Å². The van der Waals surface area contributed by atoms with E-state index in [1.807, 2.05) is 18.2 Å². The molecule has 21 heavy (non-hydrogen) atoms. The third-order valence-corrected chi connectivity index (χ3v) is 3.04. The first-order valence-corrected chi connectivity index (χ1v) is 7.39. The molecule has 0 saturated carbocycles. The van der Waals surface area contributed by atoms with Gasteiger partial charge in [0.1, 0.15) is 11.6 Å². The zero-order valence-electron chi connectivity index (χ0n) is 12.8. The van der Waals surface area contributed by atoms with Crippen molar-refractivity contribution in [1.82, 2.24) is 0 Å². The van der Waals surface area contributed by atoms with Crippen LogP contribution in [0.25, 0.3) is 0 Å².